The molecule has 2 aromatic carbocycles. The molecule has 0 saturated carbocycles. The maximum absolute atomic E-state index is 14.4. The highest BCUT2D eigenvalue weighted by atomic mass is 19.1. The lowest BCUT2D eigenvalue weighted by Crippen LogP contribution is -2.38. The highest BCUT2D eigenvalue weighted by molar-refractivity contribution is 6.02. The van der Waals surface area contributed by atoms with Gasteiger partial charge in [-0.2, -0.15) is 0 Å². The van der Waals surface area contributed by atoms with Crippen LogP contribution < -0.4 is 14.8 Å². The van der Waals surface area contributed by atoms with E-state index in [1.807, 2.05) is 18.2 Å². The number of amides is 1. The standard InChI is InChI=1S/C23H22FNO4/c1-28-20-8-7-13(11-21(20)29-2)14-9-18-23(19(26)10-14)16(12-22(27)25-18)15-5-3-4-6-17(15)24/h3-8,11,14,16H,9-10,12H2,1-2H3,(H,25,27)/t14-,16+/m1/s1. The molecule has 2 aromatic rings. The lowest BCUT2D eigenvalue weighted by atomic mass is 9.73. The molecule has 1 aliphatic carbocycles. The number of ether oxygens (including phenoxy) is 2. The van der Waals surface area contributed by atoms with Gasteiger partial charge in [-0.1, -0.05) is 24.3 Å². The fourth-order valence-electron chi connectivity index (χ4n) is 4.33. The van der Waals surface area contributed by atoms with Gasteiger partial charge in [0.2, 0.25) is 5.91 Å². The molecule has 1 amide bonds. The molecule has 0 fully saturated rings. The zero-order valence-electron chi connectivity index (χ0n) is 16.3. The van der Waals surface area contributed by atoms with E-state index < -0.39 is 11.7 Å². The quantitative estimate of drug-likeness (QED) is 0.854. The number of methoxy groups -OCH3 is 2. The first kappa shape index (κ1) is 19.2. The Balaban J connectivity index is 1.71. The van der Waals surface area contributed by atoms with Gasteiger partial charge in [-0.15, -0.1) is 0 Å². The predicted molar refractivity (Wildman–Crippen MR) is 105 cm³/mol. The summed E-state index contributed by atoms with van der Waals surface area (Å²) in [6.07, 6.45) is 0.884. The van der Waals surface area contributed by atoms with E-state index >= 15 is 0 Å². The third kappa shape index (κ3) is 3.50. The maximum atomic E-state index is 14.4. The maximum Gasteiger partial charge on any atom is 0.225 e. The number of nitrogens with one attached hydrogen (secondary N) is 1. The van der Waals surface area contributed by atoms with E-state index in [9.17, 15) is 14.0 Å². The van der Waals surface area contributed by atoms with Gasteiger partial charge in [0.05, 0.1) is 14.2 Å². The zero-order chi connectivity index (χ0) is 20.5. The molecule has 0 unspecified atom stereocenters. The normalized spacial score (nSPS) is 21.5. The van der Waals surface area contributed by atoms with Crippen molar-refractivity contribution in [2.45, 2.75) is 31.1 Å². The molecule has 1 heterocycles. The number of carbonyl (C=O) groups excluding carboxylic acids is 2. The first-order valence-corrected chi connectivity index (χ1v) is 9.54. The van der Waals surface area contributed by atoms with Crippen molar-refractivity contribution < 1.29 is 23.5 Å². The highest BCUT2D eigenvalue weighted by Crippen LogP contribution is 2.44. The number of carbonyl (C=O) groups is 2. The van der Waals surface area contributed by atoms with Crippen LogP contribution in [0.2, 0.25) is 0 Å². The first-order valence-electron chi connectivity index (χ1n) is 9.54. The summed E-state index contributed by atoms with van der Waals surface area (Å²) in [5.41, 5.74) is 2.47. The van der Waals surface area contributed by atoms with E-state index in [2.05, 4.69) is 5.32 Å². The van der Waals surface area contributed by atoms with Crippen molar-refractivity contribution in [3.8, 4) is 11.5 Å². The number of ketones is 1. The Morgan fingerprint density at radius 3 is 2.45 bits per heavy atom. The smallest absolute Gasteiger partial charge is 0.225 e. The van der Waals surface area contributed by atoms with E-state index in [0.717, 1.165) is 5.56 Å². The van der Waals surface area contributed by atoms with E-state index in [1.54, 1.807) is 32.4 Å². The predicted octanol–water partition coefficient (Wildman–Crippen LogP) is 3.85. The van der Waals surface area contributed by atoms with Crippen LogP contribution in [-0.2, 0) is 9.59 Å². The molecule has 2 atom stereocenters. The molecule has 6 heteroatoms. The van der Waals surface area contributed by atoms with Crippen LogP contribution in [0, 0.1) is 5.82 Å². The van der Waals surface area contributed by atoms with Gasteiger partial charge < -0.3 is 14.8 Å². The van der Waals surface area contributed by atoms with Gasteiger partial charge in [0.15, 0.2) is 17.3 Å². The molecule has 5 nitrogen and oxygen atoms in total. The van der Waals surface area contributed by atoms with Gasteiger partial charge in [0, 0.05) is 30.0 Å². The molecular weight excluding hydrogens is 373 g/mol. The number of halogens is 1. The molecular formula is C23H22FNO4. The highest BCUT2D eigenvalue weighted by Gasteiger charge is 2.39. The largest absolute Gasteiger partial charge is 0.493 e. The van der Waals surface area contributed by atoms with E-state index in [0.29, 0.717) is 41.2 Å². The van der Waals surface area contributed by atoms with Crippen LogP contribution in [0.5, 0.6) is 11.5 Å². The summed E-state index contributed by atoms with van der Waals surface area (Å²) in [6, 6.07) is 11.9. The molecule has 0 saturated heterocycles. The summed E-state index contributed by atoms with van der Waals surface area (Å²) in [5, 5.41) is 2.86. The number of hydrogen-bond acceptors (Lipinski definition) is 4. The second-order valence-corrected chi connectivity index (χ2v) is 7.36. The van der Waals surface area contributed by atoms with Gasteiger partial charge in [0.25, 0.3) is 0 Å². The van der Waals surface area contributed by atoms with E-state index in [1.165, 1.54) is 6.07 Å². The third-order valence-corrected chi connectivity index (χ3v) is 5.70. The van der Waals surface area contributed by atoms with Crippen LogP contribution in [0.1, 0.15) is 42.2 Å². The summed E-state index contributed by atoms with van der Waals surface area (Å²) in [7, 11) is 3.13. The molecule has 150 valence electrons. The van der Waals surface area contributed by atoms with Gasteiger partial charge in [0.1, 0.15) is 5.82 Å². The molecule has 2 aliphatic rings. The van der Waals surface area contributed by atoms with Gasteiger partial charge in [-0.25, -0.2) is 4.39 Å². The third-order valence-electron chi connectivity index (χ3n) is 5.70. The van der Waals surface area contributed by atoms with Gasteiger partial charge in [-0.05, 0) is 41.7 Å². The molecule has 29 heavy (non-hydrogen) atoms. The van der Waals surface area contributed by atoms with Crippen molar-refractivity contribution >= 4 is 11.7 Å². The summed E-state index contributed by atoms with van der Waals surface area (Å²) in [6.45, 7) is 0. The molecule has 1 N–H and O–H groups in total. The number of hydrogen-bond donors (Lipinski definition) is 1. The minimum Gasteiger partial charge on any atom is -0.493 e. The summed E-state index contributed by atoms with van der Waals surface area (Å²) < 4.78 is 25.0. The Bertz CT molecular complexity index is 1010. The molecule has 0 spiro atoms. The molecule has 1 aliphatic heterocycles. The van der Waals surface area contributed by atoms with Crippen LogP contribution in [0.25, 0.3) is 0 Å². The van der Waals surface area contributed by atoms with Crippen LogP contribution in [0.15, 0.2) is 53.7 Å². The molecule has 4 rings (SSSR count). The lowest BCUT2D eigenvalue weighted by Gasteiger charge is -2.34. The Labute approximate surface area is 168 Å². The molecule has 0 bridgehead atoms. The van der Waals surface area contributed by atoms with Crippen LogP contribution in [0.4, 0.5) is 4.39 Å². The average molecular weight is 395 g/mol. The Hall–Kier alpha value is -3.15. The van der Waals surface area contributed by atoms with Crippen LogP contribution in [-0.4, -0.2) is 25.9 Å². The van der Waals surface area contributed by atoms with Crippen molar-refractivity contribution in [3.05, 3.63) is 70.7 Å². The fraction of sp³-hybridized carbons (Fsp3) is 0.304. The van der Waals surface area contributed by atoms with Crippen molar-refractivity contribution in [1.29, 1.82) is 0 Å². The van der Waals surface area contributed by atoms with Crippen molar-refractivity contribution in [1.82, 2.24) is 5.32 Å². The second kappa shape index (κ2) is 7.70. The lowest BCUT2D eigenvalue weighted by molar-refractivity contribution is -0.122. The minimum atomic E-state index is -0.543. The summed E-state index contributed by atoms with van der Waals surface area (Å²) >= 11 is 0. The fourth-order valence-corrected chi connectivity index (χ4v) is 4.33. The summed E-state index contributed by atoms with van der Waals surface area (Å²) in [5.74, 6) is -0.0801. The van der Waals surface area contributed by atoms with Crippen LogP contribution in [0.3, 0.4) is 0 Å². The zero-order valence-corrected chi connectivity index (χ0v) is 16.3. The number of rotatable bonds is 4. The Kier molecular flexibility index (Phi) is 5.09. The minimum absolute atomic E-state index is 0.0562. The Morgan fingerprint density at radius 2 is 1.72 bits per heavy atom. The van der Waals surface area contributed by atoms with Crippen LogP contribution >= 0.6 is 0 Å². The first-order chi connectivity index (χ1) is 14.0. The van der Waals surface area contributed by atoms with Crippen molar-refractivity contribution in [2.75, 3.05) is 14.2 Å². The average Bonchev–Trinajstić information content (AvgIpc) is 2.72. The Morgan fingerprint density at radius 1 is 0.966 bits per heavy atom. The van der Waals surface area contributed by atoms with Crippen molar-refractivity contribution in [2.24, 2.45) is 0 Å². The SMILES string of the molecule is COc1ccc([C@H]2CC(=O)C3=C(C2)NC(=O)C[C@H]3c2ccccc2F)cc1OC. The molecule has 0 radical (unpaired) electrons. The topological polar surface area (TPSA) is 64.6 Å². The van der Waals surface area contributed by atoms with Gasteiger partial charge >= 0.3 is 0 Å². The van der Waals surface area contributed by atoms with E-state index in [4.69, 9.17) is 9.47 Å². The van der Waals surface area contributed by atoms with Gasteiger partial charge in [-0.3, -0.25) is 9.59 Å². The number of allylic oxidation sites excluding steroid dienone is 2. The summed E-state index contributed by atoms with van der Waals surface area (Å²) in [4.78, 5) is 25.4. The van der Waals surface area contributed by atoms with E-state index in [-0.39, 0.29) is 24.0 Å². The number of benzene rings is 2. The monoisotopic (exact) mass is 395 g/mol. The van der Waals surface area contributed by atoms with Crippen molar-refractivity contribution in [3.63, 3.8) is 0 Å². The second-order valence-electron chi connectivity index (χ2n) is 7.36. The molecule has 0 aromatic heterocycles. The number of Topliss-reactive ketones (excluding diaryl/α,β-unsaturated/α-hetero) is 1.